The Kier molecular flexibility index (Phi) is 7.58. The minimum absolute atomic E-state index is 0.0231. The first kappa shape index (κ1) is 22.2. The molecule has 0 bridgehead atoms. The van der Waals surface area contributed by atoms with E-state index in [9.17, 15) is 27.2 Å². The number of carbonyl (C=O) groups excluding carboxylic acids is 2. The Bertz CT molecular complexity index is 838. The molecule has 0 saturated heterocycles. The topological polar surface area (TPSA) is 58.6 Å². The zero-order valence-corrected chi connectivity index (χ0v) is 15.6. The zero-order chi connectivity index (χ0) is 21.4. The summed E-state index contributed by atoms with van der Waals surface area (Å²) in [5, 5.41) is 2.62. The number of nitrogens with one attached hydrogen (secondary N) is 1. The van der Waals surface area contributed by atoms with Gasteiger partial charge in [-0.15, -0.1) is 0 Å². The van der Waals surface area contributed by atoms with Crippen LogP contribution in [0.25, 0.3) is 0 Å². The Balaban J connectivity index is 1.88. The largest absolute Gasteiger partial charge is 0.493 e. The first-order chi connectivity index (χ1) is 13.7. The molecule has 0 heterocycles. The van der Waals surface area contributed by atoms with Crippen LogP contribution in [0.1, 0.15) is 18.9 Å². The van der Waals surface area contributed by atoms with E-state index in [0.29, 0.717) is 21.9 Å². The normalized spacial score (nSPS) is 11.1. The molecular formula is C20H20F4N2O3. The molecule has 0 aliphatic heterocycles. The van der Waals surface area contributed by atoms with Crippen LogP contribution in [0.15, 0.2) is 48.5 Å². The maximum Gasteiger partial charge on any atom is 0.471 e. The highest BCUT2D eigenvalue weighted by Gasteiger charge is 2.41. The molecule has 0 saturated carbocycles. The summed E-state index contributed by atoms with van der Waals surface area (Å²) in [4.78, 5) is 24.1. The summed E-state index contributed by atoms with van der Waals surface area (Å²) >= 11 is 0. The van der Waals surface area contributed by atoms with E-state index in [0.717, 1.165) is 0 Å². The maximum absolute atomic E-state index is 12.8. The molecule has 2 rings (SSSR count). The van der Waals surface area contributed by atoms with Gasteiger partial charge in [-0.05, 0) is 48.9 Å². The SMILES string of the molecule is CCN(Cc1cccc(NC(=O)CCOc2ccc(F)cc2)c1)C(=O)C(F)(F)F. The van der Waals surface area contributed by atoms with Gasteiger partial charge in [0.1, 0.15) is 11.6 Å². The minimum Gasteiger partial charge on any atom is -0.493 e. The van der Waals surface area contributed by atoms with Gasteiger partial charge < -0.3 is 15.0 Å². The molecule has 2 amide bonds. The molecule has 0 spiro atoms. The highest BCUT2D eigenvalue weighted by Crippen LogP contribution is 2.21. The van der Waals surface area contributed by atoms with Crippen molar-refractivity contribution in [2.45, 2.75) is 26.1 Å². The quantitative estimate of drug-likeness (QED) is 0.663. The fourth-order valence-electron chi connectivity index (χ4n) is 2.49. The molecule has 156 valence electrons. The van der Waals surface area contributed by atoms with Gasteiger partial charge in [0, 0.05) is 18.8 Å². The van der Waals surface area contributed by atoms with Gasteiger partial charge in [0.15, 0.2) is 0 Å². The second-order valence-electron chi connectivity index (χ2n) is 6.12. The number of alkyl halides is 3. The lowest BCUT2D eigenvalue weighted by Gasteiger charge is -2.22. The van der Waals surface area contributed by atoms with Gasteiger partial charge in [-0.2, -0.15) is 13.2 Å². The monoisotopic (exact) mass is 412 g/mol. The second kappa shape index (κ2) is 9.90. The Hall–Kier alpha value is -3.10. The van der Waals surface area contributed by atoms with Crippen molar-refractivity contribution in [2.75, 3.05) is 18.5 Å². The summed E-state index contributed by atoms with van der Waals surface area (Å²) in [5.41, 5.74) is 0.842. The van der Waals surface area contributed by atoms with Crippen molar-refractivity contribution in [1.82, 2.24) is 4.90 Å². The summed E-state index contributed by atoms with van der Waals surface area (Å²) in [7, 11) is 0. The average molecular weight is 412 g/mol. The molecule has 2 aromatic carbocycles. The molecule has 9 heteroatoms. The Morgan fingerprint density at radius 2 is 1.79 bits per heavy atom. The van der Waals surface area contributed by atoms with Crippen molar-refractivity contribution in [3.05, 3.63) is 59.9 Å². The lowest BCUT2D eigenvalue weighted by Crippen LogP contribution is -2.40. The van der Waals surface area contributed by atoms with Crippen LogP contribution in [-0.4, -0.2) is 36.0 Å². The van der Waals surface area contributed by atoms with Crippen LogP contribution in [0.4, 0.5) is 23.2 Å². The predicted octanol–water partition coefficient (Wildman–Crippen LogP) is 4.14. The highest BCUT2D eigenvalue weighted by atomic mass is 19.4. The second-order valence-corrected chi connectivity index (χ2v) is 6.12. The van der Waals surface area contributed by atoms with Gasteiger partial charge in [-0.3, -0.25) is 9.59 Å². The number of rotatable bonds is 8. The Morgan fingerprint density at radius 1 is 1.10 bits per heavy atom. The van der Waals surface area contributed by atoms with Crippen LogP contribution < -0.4 is 10.1 Å². The van der Waals surface area contributed by atoms with E-state index in [1.165, 1.54) is 37.3 Å². The van der Waals surface area contributed by atoms with E-state index in [1.54, 1.807) is 18.2 Å². The van der Waals surface area contributed by atoms with Gasteiger partial charge >= 0.3 is 12.1 Å². The third-order valence-electron chi connectivity index (χ3n) is 3.91. The van der Waals surface area contributed by atoms with E-state index in [1.807, 2.05) is 0 Å². The molecule has 29 heavy (non-hydrogen) atoms. The summed E-state index contributed by atoms with van der Waals surface area (Å²) in [6.45, 7) is 1.19. The van der Waals surface area contributed by atoms with Crippen molar-refractivity contribution >= 4 is 17.5 Å². The summed E-state index contributed by atoms with van der Waals surface area (Å²) < 4.78 is 56.0. The summed E-state index contributed by atoms with van der Waals surface area (Å²) in [6.07, 6.45) is -4.92. The number of hydrogen-bond donors (Lipinski definition) is 1. The smallest absolute Gasteiger partial charge is 0.471 e. The number of nitrogens with zero attached hydrogens (tertiary/aromatic N) is 1. The number of anilines is 1. The molecule has 0 unspecified atom stereocenters. The first-order valence-corrected chi connectivity index (χ1v) is 8.82. The molecular weight excluding hydrogens is 392 g/mol. The summed E-state index contributed by atoms with van der Waals surface area (Å²) in [5.74, 6) is -2.24. The Labute approximate surface area is 165 Å². The highest BCUT2D eigenvalue weighted by molar-refractivity contribution is 5.90. The van der Waals surface area contributed by atoms with Crippen LogP contribution in [0.3, 0.4) is 0 Å². The van der Waals surface area contributed by atoms with Crippen molar-refractivity contribution in [2.24, 2.45) is 0 Å². The van der Waals surface area contributed by atoms with Crippen molar-refractivity contribution < 1.29 is 31.9 Å². The van der Waals surface area contributed by atoms with E-state index in [2.05, 4.69) is 5.32 Å². The van der Waals surface area contributed by atoms with Crippen LogP contribution >= 0.6 is 0 Å². The third-order valence-corrected chi connectivity index (χ3v) is 3.91. The lowest BCUT2D eigenvalue weighted by molar-refractivity contribution is -0.185. The number of carbonyl (C=O) groups is 2. The third kappa shape index (κ3) is 7.10. The first-order valence-electron chi connectivity index (χ1n) is 8.82. The predicted molar refractivity (Wildman–Crippen MR) is 98.7 cm³/mol. The van der Waals surface area contributed by atoms with E-state index in [4.69, 9.17) is 4.74 Å². The average Bonchev–Trinajstić information content (AvgIpc) is 2.66. The molecule has 2 aromatic rings. The van der Waals surface area contributed by atoms with Crippen molar-refractivity contribution in [1.29, 1.82) is 0 Å². The lowest BCUT2D eigenvalue weighted by atomic mass is 10.2. The van der Waals surface area contributed by atoms with Gasteiger partial charge in [-0.1, -0.05) is 12.1 Å². The molecule has 0 aromatic heterocycles. The van der Waals surface area contributed by atoms with Crippen LogP contribution in [0.5, 0.6) is 5.75 Å². The molecule has 0 atom stereocenters. The van der Waals surface area contributed by atoms with Crippen LogP contribution in [-0.2, 0) is 16.1 Å². The van der Waals surface area contributed by atoms with Crippen LogP contribution in [0, 0.1) is 5.82 Å². The van der Waals surface area contributed by atoms with Gasteiger partial charge in [-0.25, -0.2) is 4.39 Å². The van der Waals surface area contributed by atoms with Gasteiger partial charge in [0.2, 0.25) is 5.91 Å². The fraction of sp³-hybridized carbons (Fsp3) is 0.300. The van der Waals surface area contributed by atoms with E-state index >= 15 is 0 Å². The Morgan fingerprint density at radius 3 is 2.41 bits per heavy atom. The molecule has 5 nitrogen and oxygen atoms in total. The number of amides is 2. The van der Waals surface area contributed by atoms with Crippen molar-refractivity contribution in [3.63, 3.8) is 0 Å². The zero-order valence-electron chi connectivity index (χ0n) is 15.6. The molecule has 0 fully saturated rings. The number of benzene rings is 2. The van der Waals surface area contributed by atoms with Crippen LogP contribution in [0.2, 0.25) is 0 Å². The number of hydrogen-bond acceptors (Lipinski definition) is 3. The standard InChI is InChI=1S/C20H20F4N2O3/c1-2-26(19(28)20(22,23)24)13-14-4-3-5-16(12-14)25-18(27)10-11-29-17-8-6-15(21)7-9-17/h3-9,12H,2,10-11,13H2,1H3,(H,25,27). The van der Waals surface area contributed by atoms with E-state index < -0.39 is 17.9 Å². The van der Waals surface area contributed by atoms with Crippen molar-refractivity contribution in [3.8, 4) is 5.75 Å². The molecule has 0 aliphatic carbocycles. The fourth-order valence-corrected chi connectivity index (χ4v) is 2.49. The minimum atomic E-state index is -4.94. The molecule has 0 aliphatic rings. The van der Waals surface area contributed by atoms with E-state index in [-0.39, 0.29) is 32.0 Å². The molecule has 1 N–H and O–H groups in total. The number of ether oxygens (including phenoxy) is 1. The maximum atomic E-state index is 12.8. The summed E-state index contributed by atoms with van der Waals surface area (Å²) in [6, 6.07) is 11.6. The van der Waals surface area contributed by atoms with Gasteiger partial charge in [0.05, 0.1) is 13.0 Å². The number of halogens is 4. The van der Waals surface area contributed by atoms with Gasteiger partial charge in [0.25, 0.3) is 0 Å². The molecule has 0 radical (unpaired) electrons.